The van der Waals surface area contributed by atoms with Crippen LogP contribution in [-0.4, -0.2) is 75.8 Å². The van der Waals surface area contributed by atoms with Crippen LogP contribution in [0.5, 0.6) is 0 Å². The van der Waals surface area contributed by atoms with Gasteiger partial charge in [0.15, 0.2) is 0 Å². The molecule has 57 heavy (non-hydrogen) atoms. The molecule has 4 aromatic rings. The molecule has 13 nitrogen and oxygen atoms in total. The number of carbonyl (C=O) groups excluding carboxylic acids is 5. The summed E-state index contributed by atoms with van der Waals surface area (Å²) in [5, 5.41) is 19.2. The van der Waals surface area contributed by atoms with E-state index in [1.165, 1.54) is 4.90 Å². The van der Waals surface area contributed by atoms with Gasteiger partial charge >= 0.3 is 0 Å². The van der Waals surface area contributed by atoms with Crippen LogP contribution in [0.1, 0.15) is 88.0 Å². The van der Waals surface area contributed by atoms with Gasteiger partial charge in [0, 0.05) is 43.6 Å². The second kappa shape index (κ2) is 19.1. The number of hydrogen-bond acceptors (Lipinski definition) is 9. The Hall–Kier alpha value is -5.44. The van der Waals surface area contributed by atoms with Gasteiger partial charge in [-0.2, -0.15) is 0 Å². The summed E-state index contributed by atoms with van der Waals surface area (Å²) < 4.78 is 0. The van der Waals surface area contributed by atoms with E-state index in [1.54, 1.807) is 35.6 Å². The molecule has 4 unspecified atom stereocenters. The highest BCUT2D eigenvalue weighted by Gasteiger charge is 2.44. The Kier molecular flexibility index (Phi) is 14.3. The molecule has 5 amide bonds. The van der Waals surface area contributed by atoms with Gasteiger partial charge in [0.05, 0.1) is 28.2 Å². The number of rotatable bonds is 15. The first-order valence-corrected chi connectivity index (χ1v) is 20.1. The van der Waals surface area contributed by atoms with Crippen molar-refractivity contribution in [3.8, 4) is 21.6 Å². The smallest absolute Gasteiger partial charge is 0.265 e. The molecule has 5 rings (SSSR count). The molecule has 1 saturated heterocycles. The number of thiazole rings is 1. The molecule has 1 fully saturated rings. The molecule has 0 aliphatic carbocycles. The van der Waals surface area contributed by atoms with Crippen LogP contribution in [0.3, 0.4) is 0 Å². The quantitative estimate of drug-likeness (QED) is 0.0672. The van der Waals surface area contributed by atoms with Crippen molar-refractivity contribution in [3.63, 3.8) is 0 Å². The van der Waals surface area contributed by atoms with Gasteiger partial charge in [-0.05, 0) is 72.2 Å². The van der Waals surface area contributed by atoms with Crippen molar-refractivity contribution in [2.24, 2.45) is 5.41 Å². The maximum atomic E-state index is 14.0. The van der Waals surface area contributed by atoms with Crippen LogP contribution in [0.2, 0.25) is 0 Å². The number of nitrogens with one attached hydrogen (secondary N) is 5. The molecule has 0 bridgehead atoms. The molecular weight excluding hydrogens is 743 g/mol. The van der Waals surface area contributed by atoms with E-state index in [1.807, 2.05) is 95.6 Å². The largest absolute Gasteiger partial charge is 0.391 e. The van der Waals surface area contributed by atoms with Crippen molar-refractivity contribution in [1.29, 1.82) is 0 Å². The number of aromatic nitrogens is 1. The maximum absolute atomic E-state index is 14.0. The third-order valence-corrected chi connectivity index (χ3v) is 10.8. The summed E-state index contributed by atoms with van der Waals surface area (Å²) in [7, 11) is 0. The predicted molar refractivity (Wildman–Crippen MR) is 222 cm³/mol. The zero-order valence-electron chi connectivity index (χ0n) is 33.3. The second-order valence-electron chi connectivity index (χ2n) is 15.5. The molecule has 1 aliphatic rings. The summed E-state index contributed by atoms with van der Waals surface area (Å²) in [6.45, 7) is 11.9. The van der Waals surface area contributed by atoms with Crippen LogP contribution in [-0.2, 0) is 19.2 Å². The Morgan fingerprint density at radius 3 is 2.09 bits per heavy atom. The molecule has 2 heterocycles. The topological polar surface area (TPSA) is 182 Å². The molecule has 14 heteroatoms. The van der Waals surface area contributed by atoms with E-state index in [0.29, 0.717) is 17.8 Å². The molecule has 302 valence electrons. The normalized spacial score (nSPS) is 16.4. The number of nitrogens with zero attached hydrogens (tertiary/aromatic N) is 2. The van der Waals surface area contributed by atoms with Crippen molar-refractivity contribution >= 4 is 46.6 Å². The van der Waals surface area contributed by atoms with Gasteiger partial charge in [-0.1, -0.05) is 76.2 Å². The summed E-state index contributed by atoms with van der Waals surface area (Å²) in [6, 6.07) is 20.0. The molecular formula is C43H53N7O6S. The van der Waals surface area contributed by atoms with Gasteiger partial charge in [0.1, 0.15) is 12.1 Å². The minimum absolute atomic E-state index is 0.0445. The van der Waals surface area contributed by atoms with Crippen molar-refractivity contribution < 1.29 is 29.1 Å². The summed E-state index contributed by atoms with van der Waals surface area (Å²) in [5.41, 5.74) is 12.4. The van der Waals surface area contributed by atoms with E-state index >= 15 is 0 Å². The van der Waals surface area contributed by atoms with E-state index in [-0.39, 0.29) is 43.7 Å². The number of β-amino-alcohol motifs (C(OH)–C–C–N with tert-alkyl or cyclic N) is 1. The number of hydrogen-bond donors (Lipinski definition) is 6. The Morgan fingerprint density at radius 1 is 0.877 bits per heavy atom. The van der Waals surface area contributed by atoms with Crippen LogP contribution >= 0.6 is 11.3 Å². The first-order valence-electron chi connectivity index (χ1n) is 19.3. The number of aryl methyl sites for hydroxylation is 1. The monoisotopic (exact) mass is 795 g/mol. The number of carbonyl (C=O) groups is 5. The number of aliphatic hydroxyl groups is 1. The highest BCUT2D eigenvalue weighted by molar-refractivity contribution is 7.13. The minimum atomic E-state index is -1.01. The van der Waals surface area contributed by atoms with Crippen LogP contribution in [0.15, 0.2) is 78.3 Å². The summed E-state index contributed by atoms with van der Waals surface area (Å²) >= 11 is 1.57. The van der Waals surface area contributed by atoms with E-state index in [4.69, 9.17) is 0 Å². The lowest BCUT2D eigenvalue weighted by atomic mass is 9.85. The molecule has 4 atom stereocenters. The lowest BCUT2D eigenvalue weighted by molar-refractivity contribution is -0.144. The van der Waals surface area contributed by atoms with Gasteiger partial charge < -0.3 is 26.0 Å². The minimum Gasteiger partial charge on any atom is -0.391 e. The highest BCUT2D eigenvalue weighted by Crippen LogP contribution is 2.30. The molecule has 1 aromatic heterocycles. The van der Waals surface area contributed by atoms with Crippen molar-refractivity contribution in [2.45, 2.75) is 91.5 Å². The number of benzene rings is 3. The Balaban J connectivity index is 1.13. The zero-order chi connectivity index (χ0) is 41.3. The van der Waals surface area contributed by atoms with Crippen LogP contribution < -0.4 is 26.8 Å². The molecule has 0 radical (unpaired) electrons. The van der Waals surface area contributed by atoms with Crippen molar-refractivity contribution in [1.82, 2.24) is 31.4 Å². The Bertz CT molecular complexity index is 2030. The second-order valence-corrected chi connectivity index (χ2v) is 16.3. The molecule has 1 aliphatic heterocycles. The Morgan fingerprint density at radius 2 is 1.49 bits per heavy atom. The number of anilines is 1. The van der Waals surface area contributed by atoms with Crippen molar-refractivity contribution in [3.05, 3.63) is 95.1 Å². The van der Waals surface area contributed by atoms with E-state index in [2.05, 4.69) is 31.8 Å². The molecule has 3 aromatic carbocycles. The average Bonchev–Trinajstić information content (AvgIpc) is 3.81. The fourth-order valence-corrected chi connectivity index (χ4v) is 7.41. The van der Waals surface area contributed by atoms with Crippen molar-refractivity contribution in [2.75, 3.05) is 18.4 Å². The number of hydrazine groups is 1. The molecule has 0 spiro atoms. The lowest BCUT2D eigenvalue weighted by Gasteiger charge is -2.35. The fourth-order valence-electron chi connectivity index (χ4n) is 6.60. The first-order chi connectivity index (χ1) is 27.1. The summed E-state index contributed by atoms with van der Waals surface area (Å²) in [5.74, 6) is -1.94. The standard InChI is InChI=1S/C43H53N7O6S/c1-7-22-45-49-40(54)32-14-10-29(11-15-32)30-16-18-33(19-17-30)47-36(52)20-21-37(53)48-39(43(4,5)6)42(56)50-24-34(51)23-35(50)41(55)46-26(2)28-8-12-31(13-9-28)38-27(3)44-25-57-38/h8-19,25-26,34-35,39,45,51H,7,20-24H2,1-6H3,(H,46,55)(H,47,52)(H,48,53)(H,49,54). The van der Waals surface area contributed by atoms with E-state index in [0.717, 1.165) is 39.2 Å². The lowest BCUT2D eigenvalue weighted by Crippen LogP contribution is -2.57. The predicted octanol–water partition coefficient (Wildman–Crippen LogP) is 5.52. The van der Waals surface area contributed by atoms with E-state index < -0.39 is 41.3 Å². The maximum Gasteiger partial charge on any atom is 0.265 e. The van der Waals surface area contributed by atoms with Gasteiger partial charge in [0.25, 0.3) is 5.91 Å². The summed E-state index contributed by atoms with van der Waals surface area (Å²) in [6.07, 6.45) is -0.215. The average molecular weight is 796 g/mol. The fraction of sp³-hybridized carbons (Fsp3) is 0.395. The third-order valence-electron chi connectivity index (χ3n) is 9.87. The number of aliphatic hydroxyl groups excluding tert-OH is 1. The third kappa shape index (κ3) is 11.3. The number of amides is 5. The van der Waals surface area contributed by atoms with Crippen LogP contribution in [0.4, 0.5) is 5.69 Å². The summed E-state index contributed by atoms with van der Waals surface area (Å²) in [4.78, 5) is 72.7. The molecule has 0 saturated carbocycles. The van der Waals surface area contributed by atoms with Crippen LogP contribution in [0.25, 0.3) is 21.6 Å². The SMILES string of the molecule is CCCNNC(=O)c1ccc(-c2ccc(NC(=O)CCC(=O)NC(C(=O)N3CC(O)CC3C(=O)NC(C)c3ccc(-c4scnc4C)cc3)C(C)(C)C)cc2)cc1. The van der Waals surface area contributed by atoms with Gasteiger partial charge in [-0.15, -0.1) is 11.3 Å². The van der Waals surface area contributed by atoms with Gasteiger partial charge in [-0.25, -0.2) is 10.4 Å². The zero-order valence-corrected chi connectivity index (χ0v) is 34.2. The van der Waals surface area contributed by atoms with Gasteiger partial charge in [-0.3, -0.25) is 29.4 Å². The molecule has 6 N–H and O–H groups in total. The highest BCUT2D eigenvalue weighted by atomic mass is 32.1. The Labute approximate surface area is 338 Å². The van der Waals surface area contributed by atoms with Crippen LogP contribution in [0, 0.1) is 12.3 Å². The van der Waals surface area contributed by atoms with Gasteiger partial charge in [0.2, 0.25) is 23.6 Å². The first kappa shape index (κ1) is 42.7. The number of likely N-dealkylation sites (tertiary alicyclic amines) is 1. The van der Waals surface area contributed by atoms with E-state index in [9.17, 15) is 29.1 Å².